The molecule has 2 fully saturated rings. The number of aromatic amines is 1. The van der Waals surface area contributed by atoms with Gasteiger partial charge in [-0.1, -0.05) is 55.8 Å². The molecule has 9 rings (SSSR count). The molecule has 1 spiro atoms. The molecular formula is C47H56N4O9. The van der Waals surface area contributed by atoms with Gasteiger partial charge in [0.1, 0.15) is 23.9 Å². The van der Waals surface area contributed by atoms with Crippen molar-refractivity contribution in [3.05, 3.63) is 82.6 Å². The normalized spacial score (nSPS) is 33.7. The summed E-state index contributed by atoms with van der Waals surface area (Å²) in [6, 6.07) is 10.9. The summed E-state index contributed by atoms with van der Waals surface area (Å²) in [7, 11) is 3.30. The van der Waals surface area contributed by atoms with Crippen molar-refractivity contribution in [2.75, 3.05) is 51.8 Å². The number of aromatic nitrogens is 1. The number of hydrogen-bond donors (Lipinski definition) is 2. The molecule has 0 radical (unpaired) electrons. The van der Waals surface area contributed by atoms with Gasteiger partial charge in [-0.05, 0) is 61.4 Å². The van der Waals surface area contributed by atoms with Gasteiger partial charge in [-0.2, -0.15) is 0 Å². The number of anilines is 1. The summed E-state index contributed by atoms with van der Waals surface area (Å²) in [5.41, 5.74) is 0.822. The molecule has 13 heteroatoms. The molecule has 5 aliphatic heterocycles. The maximum absolute atomic E-state index is 15.3. The minimum Gasteiger partial charge on any atom is -0.468 e. The minimum absolute atomic E-state index is 0.0504. The molecule has 0 amide bonds. The molecule has 1 aliphatic carbocycles. The van der Waals surface area contributed by atoms with Crippen LogP contribution < -0.4 is 9.64 Å². The number of benzene rings is 2. The van der Waals surface area contributed by atoms with Gasteiger partial charge < -0.3 is 33.9 Å². The topological polar surface area (TPSA) is 151 Å². The Morgan fingerprint density at radius 1 is 0.983 bits per heavy atom. The molecular weight excluding hydrogens is 765 g/mol. The Morgan fingerprint density at radius 3 is 2.47 bits per heavy atom. The number of aliphatic hydroxyl groups is 1. The maximum atomic E-state index is 15.3. The Labute approximate surface area is 350 Å². The van der Waals surface area contributed by atoms with Crippen LogP contribution in [0.2, 0.25) is 0 Å². The van der Waals surface area contributed by atoms with Crippen LogP contribution in [0.3, 0.4) is 0 Å². The second-order valence-corrected chi connectivity index (χ2v) is 18.0. The van der Waals surface area contributed by atoms with E-state index in [0.29, 0.717) is 55.8 Å². The molecule has 1 aromatic heterocycles. The highest BCUT2D eigenvalue weighted by atomic mass is 16.6. The number of carbonyl (C=O) groups excluding carboxylic acids is 4. The lowest BCUT2D eigenvalue weighted by molar-refractivity contribution is -0.232. The summed E-state index contributed by atoms with van der Waals surface area (Å²) in [6.07, 6.45) is 7.73. The van der Waals surface area contributed by atoms with Gasteiger partial charge in [0.25, 0.3) is 0 Å². The largest absolute Gasteiger partial charge is 0.468 e. The molecule has 1 saturated heterocycles. The standard InChI is InChI=1S/C47H56N4O9/c1-8-30-19-31-22-46(43(55)57-7,39-33(25-50(23-30)24-31)32-13-10-11-14-36(32)48-39)35-20-34-37(21-38(35)59-28(4)53)49(6)41-45(34)16-18-51-17-12-15-44(9-2,40(45)51)42(60-29(5)54)47(41,56)26-58-27(3)52/h10-15,19-21,31,40-42,48,56H,8-9,16-18,22-26H2,1-7H3/t31-,40-,41+,42+,44+,45+,46-,47-/m0/s1. The molecule has 2 aromatic carbocycles. The first kappa shape index (κ1) is 40.4. The van der Waals surface area contributed by atoms with Crippen LogP contribution in [0.25, 0.3) is 10.9 Å². The predicted molar refractivity (Wildman–Crippen MR) is 223 cm³/mol. The number of nitrogens with zero attached hydrogens (tertiary/aromatic N) is 3. The zero-order valence-corrected chi connectivity index (χ0v) is 35.6. The number of fused-ring (bicyclic) bond motifs is 6. The van der Waals surface area contributed by atoms with Crippen LogP contribution >= 0.6 is 0 Å². The molecule has 1 unspecified atom stereocenters. The second-order valence-electron chi connectivity index (χ2n) is 18.0. The van der Waals surface area contributed by atoms with Crippen LogP contribution in [0.1, 0.15) is 82.7 Å². The maximum Gasteiger partial charge on any atom is 0.322 e. The number of likely N-dealkylation sites (N-methyl/N-ethyl adjacent to an activating group) is 1. The van der Waals surface area contributed by atoms with Gasteiger partial charge in [0.05, 0.1) is 13.2 Å². The molecule has 6 heterocycles. The van der Waals surface area contributed by atoms with E-state index in [-0.39, 0.29) is 17.7 Å². The molecule has 318 valence electrons. The summed E-state index contributed by atoms with van der Waals surface area (Å²) < 4.78 is 24.2. The fourth-order valence-corrected chi connectivity index (χ4v) is 13.1. The minimum atomic E-state index is -1.91. The summed E-state index contributed by atoms with van der Waals surface area (Å²) in [4.78, 5) is 64.8. The third kappa shape index (κ3) is 5.53. The highest BCUT2D eigenvalue weighted by Crippen LogP contribution is 2.68. The SMILES string of the molecule is CCC1=C[C@@H]2CN(C1)Cc1c([nH]c3ccccc13)[C@@](C(=O)OC)(c1cc3c(cc1OC(C)=O)N(C)[C@H]1[C@@](O)(COC(C)=O)[C@H](OC(C)=O)[C@]4(CC)C=CCN5CC[C@]31[C@@H]54)C2. The Hall–Kier alpha value is -4.98. The second kappa shape index (κ2) is 14.3. The fourth-order valence-electron chi connectivity index (χ4n) is 13.1. The number of ether oxygens (including phenoxy) is 4. The van der Waals surface area contributed by atoms with Crippen molar-refractivity contribution in [3.8, 4) is 5.75 Å². The monoisotopic (exact) mass is 820 g/mol. The number of carbonyl (C=O) groups is 4. The molecule has 2 N–H and O–H groups in total. The Morgan fingerprint density at radius 2 is 1.77 bits per heavy atom. The van der Waals surface area contributed by atoms with E-state index in [2.05, 4.69) is 52.1 Å². The predicted octanol–water partition coefficient (Wildman–Crippen LogP) is 5.06. The van der Waals surface area contributed by atoms with Gasteiger partial charge >= 0.3 is 23.9 Å². The van der Waals surface area contributed by atoms with Gasteiger partial charge in [0, 0.05) is 105 Å². The van der Waals surface area contributed by atoms with Gasteiger partial charge in [0.15, 0.2) is 5.60 Å². The van der Waals surface area contributed by atoms with Crippen LogP contribution in [0.5, 0.6) is 5.75 Å². The number of hydrogen-bond acceptors (Lipinski definition) is 12. The van der Waals surface area contributed by atoms with E-state index in [0.717, 1.165) is 41.5 Å². The molecule has 2 bridgehead atoms. The van der Waals surface area contributed by atoms with E-state index in [4.69, 9.17) is 18.9 Å². The van der Waals surface area contributed by atoms with E-state index < -0.39 is 64.5 Å². The first-order chi connectivity index (χ1) is 28.7. The molecule has 6 aliphatic rings. The average Bonchev–Trinajstić information content (AvgIpc) is 3.86. The van der Waals surface area contributed by atoms with Crippen molar-refractivity contribution in [1.82, 2.24) is 14.8 Å². The number of H-pyrrole nitrogens is 1. The Kier molecular flexibility index (Phi) is 9.64. The number of nitrogens with one attached hydrogen (secondary N) is 1. The quantitative estimate of drug-likeness (QED) is 0.135. The van der Waals surface area contributed by atoms with Gasteiger partial charge in [-0.3, -0.25) is 29.0 Å². The number of methoxy groups -OCH3 is 1. The number of para-hydroxylation sites is 1. The molecule has 13 nitrogen and oxygen atoms in total. The lowest BCUT2D eigenvalue weighted by atomic mass is 9.47. The van der Waals surface area contributed by atoms with Crippen molar-refractivity contribution < 1.29 is 43.2 Å². The summed E-state index contributed by atoms with van der Waals surface area (Å²) >= 11 is 0. The molecule has 9 atom stereocenters. The summed E-state index contributed by atoms with van der Waals surface area (Å²) in [5.74, 6) is -1.99. The third-order valence-electron chi connectivity index (χ3n) is 14.9. The van der Waals surface area contributed by atoms with E-state index >= 15 is 4.79 Å². The van der Waals surface area contributed by atoms with Gasteiger partial charge in [-0.15, -0.1) is 0 Å². The molecule has 3 aromatic rings. The van der Waals surface area contributed by atoms with Crippen molar-refractivity contribution in [3.63, 3.8) is 0 Å². The van der Waals surface area contributed by atoms with Gasteiger partial charge in [-0.25, -0.2) is 0 Å². The van der Waals surface area contributed by atoms with Crippen molar-refractivity contribution >= 4 is 40.5 Å². The van der Waals surface area contributed by atoms with Crippen molar-refractivity contribution in [2.45, 2.75) is 101 Å². The molecule has 1 saturated carbocycles. The van der Waals surface area contributed by atoms with Crippen molar-refractivity contribution in [2.24, 2.45) is 11.3 Å². The fraction of sp³-hybridized carbons (Fsp3) is 0.532. The van der Waals surface area contributed by atoms with Crippen LogP contribution in [-0.4, -0.2) is 114 Å². The summed E-state index contributed by atoms with van der Waals surface area (Å²) in [6.45, 7) is 11.3. The van der Waals surface area contributed by atoms with E-state index in [1.165, 1.54) is 33.5 Å². The lowest BCUT2D eigenvalue weighted by Crippen LogP contribution is -2.80. The highest BCUT2D eigenvalue weighted by Gasteiger charge is 2.78. The highest BCUT2D eigenvalue weighted by molar-refractivity contribution is 5.95. The number of rotatable bonds is 8. The van der Waals surface area contributed by atoms with E-state index in [1.54, 1.807) is 0 Å². The molecule has 60 heavy (non-hydrogen) atoms. The Balaban J connectivity index is 1.38. The van der Waals surface area contributed by atoms with Crippen LogP contribution in [0, 0.1) is 11.3 Å². The average molecular weight is 821 g/mol. The lowest BCUT2D eigenvalue weighted by Gasteiger charge is -2.64. The van der Waals surface area contributed by atoms with Crippen molar-refractivity contribution in [1.29, 1.82) is 0 Å². The summed E-state index contributed by atoms with van der Waals surface area (Å²) in [5, 5.41) is 14.5. The first-order valence-corrected chi connectivity index (χ1v) is 21.3. The first-order valence-electron chi connectivity index (χ1n) is 21.3. The third-order valence-corrected chi connectivity index (χ3v) is 14.9. The van der Waals surface area contributed by atoms with Crippen LogP contribution in [-0.2, 0) is 50.8 Å². The Bertz CT molecular complexity index is 2370. The van der Waals surface area contributed by atoms with Gasteiger partial charge in [0.2, 0.25) is 0 Å². The van der Waals surface area contributed by atoms with E-state index in [1.807, 2.05) is 43.1 Å². The van der Waals surface area contributed by atoms with Crippen LogP contribution in [0.15, 0.2) is 60.2 Å². The van der Waals surface area contributed by atoms with Crippen LogP contribution in [0.4, 0.5) is 5.69 Å². The smallest absolute Gasteiger partial charge is 0.322 e. The zero-order chi connectivity index (χ0) is 42.5. The number of esters is 4. The zero-order valence-electron chi connectivity index (χ0n) is 35.6. The van der Waals surface area contributed by atoms with E-state index in [9.17, 15) is 19.5 Å².